The summed E-state index contributed by atoms with van der Waals surface area (Å²) in [6, 6.07) is 7.27. The Bertz CT molecular complexity index is 497. The number of hydrogen-bond donors (Lipinski definition) is 4. The number of anilines is 1. The van der Waals surface area contributed by atoms with E-state index in [1.165, 1.54) is 11.8 Å². The third-order valence-electron chi connectivity index (χ3n) is 2.67. The highest BCUT2D eigenvalue weighted by Gasteiger charge is 2.33. The molecule has 0 radical (unpaired) electrons. The first-order valence-corrected chi connectivity index (χ1v) is 7.77. The molecule has 2 unspecified atom stereocenters. The van der Waals surface area contributed by atoms with Gasteiger partial charge in [0.2, 0.25) is 11.8 Å². The van der Waals surface area contributed by atoms with E-state index < -0.39 is 5.25 Å². The summed E-state index contributed by atoms with van der Waals surface area (Å²) in [7, 11) is 0. The number of hydrogen-bond acceptors (Lipinski definition) is 5. The van der Waals surface area contributed by atoms with Gasteiger partial charge in [-0.05, 0) is 24.3 Å². The molecule has 0 aliphatic carbocycles. The van der Waals surface area contributed by atoms with Crippen LogP contribution in [0.3, 0.4) is 0 Å². The topological polar surface area (TPSA) is 96.2 Å². The van der Waals surface area contributed by atoms with E-state index in [1.807, 2.05) is 12.1 Å². The molecule has 20 heavy (non-hydrogen) atoms. The van der Waals surface area contributed by atoms with Crippen LogP contribution in [0.5, 0.6) is 0 Å². The first kappa shape index (κ1) is 15.3. The molecule has 2 atom stereocenters. The van der Waals surface area contributed by atoms with Gasteiger partial charge in [-0.1, -0.05) is 15.9 Å². The van der Waals surface area contributed by atoms with Crippen molar-refractivity contribution < 1.29 is 9.59 Å². The Morgan fingerprint density at radius 3 is 2.75 bits per heavy atom. The lowest BCUT2D eigenvalue weighted by Crippen LogP contribution is -2.40. The van der Waals surface area contributed by atoms with Crippen molar-refractivity contribution in [1.82, 2.24) is 10.6 Å². The van der Waals surface area contributed by atoms with Crippen LogP contribution in [0.15, 0.2) is 28.7 Å². The van der Waals surface area contributed by atoms with Gasteiger partial charge in [-0.15, -0.1) is 11.8 Å². The van der Waals surface area contributed by atoms with Crippen LogP contribution < -0.4 is 21.7 Å². The van der Waals surface area contributed by atoms with Crippen LogP contribution in [0.1, 0.15) is 6.42 Å². The highest BCUT2D eigenvalue weighted by Crippen LogP contribution is 2.25. The lowest BCUT2D eigenvalue weighted by molar-refractivity contribution is -0.123. The van der Waals surface area contributed by atoms with E-state index in [-0.39, 0.29) is 30.4 Å². The number of nitrogens with one attached hydrogen (secondary N) is 3. The van der Waals surface area contributed by atoms with Gasteiger partial charge in [-0.25, -0.2) is 0 Å². The Labute approximate surface area is 129 Å². The predicted octanol–water partition coefficient (Wildman–Crippen LogP) is 0.799. The fourth-order valence-electron chi connectivity index (χ4n) is 1.74. The summed E-state index contributed by atoms with van der Waals surface area (Å²) in [6.07, 6.45) is 0.134. The Morgan fingerprint density at radius 1 is 1.40 bits per heavy atom. The number of thioether (sulfide) groups is 1. The van der Waals surface area contributed by atoms with Gasteiger partial charge in [0.15, 0.2) is 0 Å². The maximum absolute atomic E-state index is 11.9. The van der Waals surface area contributed by atoms with E-state index >= 15 is 0 Å². The molecule has 1 aliphatic rings. The third kappa shape index (κ3) is 4.20. The number of halogens is 1. The molecular weight excluding hydrogens is 344 g/mol. The van der Waals surface area contributed by atoms with E-state index in [9.17, 15) is 9.59 Å². The quantitative estimate of drug-likeness (QED) is 0.584. The van der Waals surface area contributed by atoms with Crippen molar-refractivity contribution in [2.24, 2.45) is 5.73 Å². The van der Waals surface area contributed by atoms with Crippen molar-refractivity contribution >= 4 is 45.2 Å². The molecule has 1 aromatic rings. The Hall–Kier alpha value is -1.09. The Balaban J connectivity index is 1.85. The Kier molecular flexibility index (Phi) is 5.41. The van der Waals surface area contributed by atoms with Crippen molar-refractivity contribution in [1.29, 1.82) is 0 Å². The highest BCUT2D eigenvalue weighted by atomic mass is 79.9. The average molecular weight is 359 g/mol. The van der Waals surface area contributed by atoms with Crippen molar-refractivity contribution in [3.8, 4) is 0 Å². The molecule has 1 saturated heterocycles. The second-order valence-corrected chi connectivity index (χ2v) is 6.41. The Morgan fingerprint density at radius 2 is 2.10 bits per heavy atom. The van der Waals surface area contributed by atoms with Crippen molar-refractivity contribution in [2.45, 2.75) is 17.2 Å². The predicted molar refractivity (Wildman–Crippen MR) is 82.9 cm³/mol. The van der Waals surface area contributed by atoms with Gasteiger partial charge >= 0.3 is 0 Å². The number of carbonyl (C=O) groups excluding carboxylic acids is 2. The van der Waals surface area contributed by atoms with Crippen LogP contribution >= 0.6 is 27.7 Å². The van der Waals surface area contributed by atoms with E-state index in [0.29, 0.717) is 5.69 Å². The molecule has 6 nitrogen and oxygen atoms in total. The van der Waals surface area contributed by atoms with Gasteiger partial charge in [0.1, 0.15) is 5.50 Å². The van der Waals surface area contributed by atoms with E-state index in [4.69, 9.17) is 5.73 Å². The number of nitrogens with two attached hydrogens (primary N) is 1. The molecule has 1 aromatic carbocycles. The smallest absolute Gasteiger partial charge is 0.235 e. The van der Waals surface area contributed by atoms with Gasteiger partial charge in [-0.2, -0.15) is 0 Å². The van der Waals surface area contributed by atoms with Crippen LogP contribution in [0, 0.1) is 0 Å². The summed E-state index contributed by atoms with van der Waals surface area (Å²) in [6.45, 7) is 0.274. The largest absolute Gasteiger partial charge is 0.331 e. The molecular formula is C12H15BrN4O2S. The summed E-state index contributed by atoms with van der Waals surface area (Å²) < 4.78 is 0.942. The molecule has 0 bridgehead atoms. The minimum atomic E-state index is -0.394. The zero-order valence-corrected chi connectivity index (χ0v) is 13.0. The number of amides is 2. The molecule has 8 heteroatoms. The lowest BCUT2D eigenvalue weighted by Gasteiger charge is -2.09. The van der Waals surface area contributed by atoms with Crippen LogP contribution in [0.2, 0.25) is 0 Å². The summed E-state index contributed by atoms with van der Waals surface area (Å²) in [5.74, 6) is -0.333. The molecule has 2 amide bonds. The van der Waals surface area contributed by atoms with E-state index in [2.05, 4.69) is 31.9 Å². The summed E-state index contributed by atoms with van der Waals surface area (Å²) in [5.41, 5.74) is 5.84. The SMILES string of the molecule is NCNC1NC(=O)C(CC(=O)Nc2ccc(Br)cc2)S1. The van der Waals surface area contributed by atoms with Gasteiger partial charge < -0.3 is 16.4 Å². The fourth-order valence-corrected chi connectivity index (χ4v) is 3.15. The highest BCUT2D eigenvalue weighted by molar-refractivity contribution is 9.10. The first-order valence-electron chi connectivity index (χ1n) is 6.03. The lowest BCUT2D eigenvalue weighted by atomic mass is 10.2. The van der Waals surface area contributed by atoms with Gasteiger partial charge in [0, 0.05) is 23.2 Å². The normalized spacial score (nSPS) is 21.6. The average Bonchev–Trinajstić information content (AvgIpc) is 2.73. The van der Waals surface area contributed by atoms with E-state index in [0.717, 1.165) is 4.47 Å². The zero-order valence-electron chi connectivity index (χ0n) is 10.6. The monoisotopic (exact) mass is 358 g/mol. The number of benzene rings is 1. The van der Waals surface area contributed by atoms with E-state index in [1.54, 1.807) is 12.1 Å². The molecule has 1 fully saturated rings. The second kappa shape index (κ2) is 7.07. The van der Waals surface area contributed by atoms with Crippen LogP contribution in [0.4, 0.5) is 5.69 Å². The zero-order chi connectivity index (χ0) is 14.5. The van der Waals surface area contributed by atoms with Gasteiger partial charge in [0.25, 0.3) is 0 Å². The van der Waals surface area contributed by atoms with Gasteiger partial charge in [0.05, 0.1) is 5.25 Å². The minimum Gasteiger partial charge on any atom is -0.331 e. The summed E-state index contributed by atoms with van der Waals surface area (Å²) in [5, 5.41) is 8.01. The molecule has 0 aromatic heterocycles. The molecule has 1 aliphatic heterocycles. The first-order chi connectivity index (χ1) is 9.58. The molecule has 2 rings (SSSR count). The molecule has 5 N–H and O–H groups in total. The fraction of sp³-hybridized carbons (Fsp3) is 0.333. The van der Waals surface area contributed by atoms with Crippen molar-refractivity contribution in [3.63, 3.8) is 0 Å². The summed E-state index contributed by atoms with van der Waals surface area (Å²) in [4.78, 5) is 23.6. The maximum Gasteiger partial charge on any atom is 0.235 e. The molecule has 1 heterocycles. The molecule has 108 valence electrons. The molecule has 0 saturated carbocycles. The van der Waals surface area contributed by atoms with Crippen LogP contribution in [-0.4, -0.2) is 29.2 Å². The third-order valence-corrected chi connectivity index (χ3v) is 4.46. The second-order valence-electron chi connectivity index (χ2n) is 4.18. The maximum atomic E-state index is 11.9. The molecule has 0 spiro atoms. The van der Waals surface area contributed by atoms with Gasteiger partial charge in [-0.3, -0.25) is 14.9 Å². The number of rotatable bonds is 5. The van der Waals surface area contributed by atoms with Crippen LogP contribution in [0.25, 0.3) is 0 Å². The van der Waals surface area contributed by atoms with Crippen molar-refractivity contribution in [3.05, 3.63) is 28.7 Å². The standard InChI is InChI=1S/C12H15BrN4O2S/c13-7-1-3-8(4-2-7)16-10(18)5-9-11(19)17-12(20-9)15-6-14/h1-4,9,12,15H,5-6,14H2,(H,16,18)(H,17,19). The number of carbonyl (C=O) groups is 2. The minimum absolute atomic E-state index is 0.134. The summed E-state index contributed by atoms with van der Waals surface area (Å²) >= 11 is 4.69. The van der Waals surface area contributed by atoms with Crippen molar-refractivity contribution in [2.75, 3.05) is 12.0 Å². The van der Waals surface area contributed by atoms with Crippen LogP contribution in [-0.2, 0) is 9.59 Å².